The first-order valence-electron chi connectivity index (χ1n) is 27.5. The third-order valence-corrected chi connectivity index (χ3v) is 12.8. The van der Waals surface area contributed by atoms with Crippen LogP contribution in [0.25, 0.3) is 0 Å². The van der Waals surface area contributed by atoms with Crippen LogP contribution in [0.5, 0.6) is 17.2 Å². The van der Waals surface area contributed by atoms with Gasteiger partial charge >= 0.3 is 0 Å². The maximum Gasteiger partial charge on any atom is 0.203 e. The molecule has 1 aromatic rings. The second kappa shape index (κ2) is 47.1. The van der Waals surface area contributed by atoms with E-state index < -0.39 is 0 Å². The first-order chi connectivity index (χ1) is 29.8. The van der Waals surface area contributed by atoms with E-state index in [4.69, 9.17) is 19.9 Å². The topological polar surface area (TPSA) is 53.7 Å². The predicted octanol–water partition coefficient (Wildman–Crippen LogP) is 18.8. The SMILES string of the molecule is CCCCCCCCCCCCCCCCOc1cc(CCN)cc(OCCCCCCCCCCCCCCCC)c1OCCCCCCCCCCCCCCCC. The predicted molar refractivity (Wildman–Crippen MR) is 267 cm³/mol. The maximum atomic E-state index is 6.58. The summed E-state index contributed by atoms with van der Waals surface area (Å²) < 4.78 is 19.6. The standard InChI is InChI=1S/C56H107NO3/c1-4-7-10-13-16-19-22-25-28-31-34-37-40-43-48-58-54-51-53(46-47-57)52-55(59-49-44-41-38-35-32-29-26-23-20-17-14-11-8-5-2)56(54)60-50-45-42-39-36-33-30-27-24-21-18-15-12-9-6-3/h51-52H,4-50,57H2,1-3H3. The average molecular weight is 842 g/mol. The summed E-state index contributed by atoms with van der Waals surface area (Å²) in [5, 5.41) is 0. The van der Waals surface area contributed by atoms with E-state index in [2.05, 4.69) is 32.9 Å². The molecule has 4 heteroatoms. The van der Waals surface area contributed by atoms with E-state index in [1.54, 1.807) is 0 Å². The Balaban J connectivity index is 2.49. The van der Waals surface area contributed by atoms with Gasteiger partial charge in [0.2, 0.25) is 5.75 Å². The number of hydrogen-bond donors (Lipinski definition) is 1. The summed E-state index contributed by atoms with van der Waals surface area (Å²) in [5.74, 6) is 2.54. The second-order valence-corrected chi connectivity index (χ2v) is 18.8. The van der Waals surface area contributed by atoms with E-state index in [-0.39, 0.29) is 0 Å². The second-order valence-electron chi connectivity index (χ2n) is 18.8. The molecule has 4 nitrogen and oxygen atoms in total. The molecule has 0 radical (unpaired) electrons. The van der Waals surface area contributed by atoms with Gasteiger partial charge in [-0.1, -0.05) is 271 Å². The molecule has 2 N–H and O–H groups in total. The van der Waals surface area contributed by atoms with Gasteiger partial charge in [0.1, 0.15) is 0 Å². The summed E-state index contributed by atoms with van der Waals surface area (Å²) in [6.07, 6.45) is 58.2. The summed E-state index contributed by atoms with van der Waals surface area (Å²) in [7, 11) is 0. The zero-order valence-corrected chi connectivity index (χ0v) is 41.2. The molecule has 1 rings (SSSR count). The van der Waals surface area contributed by atoms with Crippen molar-refractivity contribution in [3.63, 3.8) is 0 Å². The van der Waals surface area contributed by atoms with Gasteiger partial charge in [-0.2, -0.15) is 0 Å². The molecule has 0 aliphatic rings. The van der Waals surface area contributed by atoms with Crippen LogP contribution in [0.1, 0.15) is 296 Å². The van der Waals surface area contributed by atoms with E-state index >= 15 is 0 Å². The van der Waals surface area contributed by atoms with Crippen LogP contribution in [0.2, 0.25) is 0 Å². The molecule has 0 atom stereocenters. The summed E-state index contributed by atoms with van der Waals surface area (Å²) in [6.45, 7) is 9.72. The molecular formula is C56H107NO3. The Morgan fingerprint density at radius 1 is 0.300 bits per heavy atom. The molecule has 0 saturated carbocycles. The molecule has 0 heterocycles. The third-order valence-electron chi connectivity index (χ3n) is 12.8. The molecule has 0 aliphatic carbocycles. The van der Waals surface area contributed by atoms with Gasteiger partial charge in [-0.25, -0.2) is 0 Å². The van der Waals surface area contributed by atoms with Gasteiger partial charge in [-0.3, -0.25) is 0 Å². The minimum Gasteiger partial charge on any atom is -0.490 e. The molecule has 60 heavy (non-hydrogen) atoms. The quantitative estimate of drug-likeness (QED) is 0.0664. The fourth-order valence-corrected chi connectivity index (χ4v) is 8.73. The Hall–Kier alpha value is -1.42. The smallest absolute Gasteiger partial charge is 0.203 e. The molecule has 0 unspecified atom stereocenters. The van der Waals surface area contributed by atoms with E-state index in [1.807, 2.05) is 0 Å². The van der Waals surface area contributed by atoms with Crippen molar-refractivity contribution in [2.45, 2.75) is 297 Å². The maximum absolute atomic E-state index is 6.58. The van der Waals surface area contributed by atoms with Gasteiger partial charge in [0, 0.05) is 0 Å². The Morgan fingerprint density at radius 2 is 0.517 bits per heavy atom. The zero-order chi connectivity index (χ0) is 43.1. The number of rotatable bonds is 50. The summed E-state index contributed by atoms with van der Waals surface area (Å²) in [4.78, 5) is 0. The van der Waals surface area contributed by atoms with Gasteiger partial charge in [0.15, 0.2) is 11.5 Å². The monoisotopic (exact) mass is 842 g/mol. The first-order valence-corrected chi connectivity index (χ1v) is 27.5. The molecule has 0 aromatic heterocycles. The van der Waals surface area contributed by atoms with Crippen LogP contribution in [0.4, 0.5) is 0 Å². The summed E-state index contributed by atoms with van der Waals surface area (Å²) in [6, 6.07) is 4.35. The van der Waals surface area contributed by atoms with E-state index in [0.717, 1.165) is 62.8 Å². The fourth-order valence-electron chi connectivity index (χ4n) is 8.73. The molecule has 354 valence electrons. The Labute approximate surface area is 376 Å². The number of nitrogens with two attached hydrogens (primary N) is 1. The lowest BCUT2D eigenvalue weighted by Crippen LogP contribution is -2.09. The van der Waals surface area contributed by atoms with Crippen molar-refractivity contribution in [2.24, 2.45) is 5.73 Å². The Bertz CT molecular complexity index is 926. The number of ether oxygens (including phenoxy) is 3. The highest BCUT2D eigenvalue weighted by Gasteiger charge is 2.16. The van der Waals surface area contributed by atoms with Crippen molar-refractivity contribution in [3.05, 3.63) is 17.7 Å². The molecule has 0 aliphatic heterocycles. The average Bonchev–Trinajstić information content (AvgIpc) is 3.25. The van der Waals surface area contributed by atoms with Crippen LogP contribution < -0.4 is 19.9 Å². The van der Waals surface area contributed by atoms with Crippen molar-refractivity contribution in [1.29, 1.82) is 0 Å². The van der Waals surface area contributed by atoms with Crippen LogP contribution in [0, 0.1) is 0 Å². The number of unbranched alkanes of at least 4 members (excludes halogenated alkanes) is 39. The fraction of sp³-hybridized carbons (Fsp3) is 0.893. The summed E-state index contributed by atoms with van der Waals surface area (Å²) in [5.41, 5.74) is 7.24. The lowest BCUT2D eigenvalue weighted by Gasteiger charge is -2.19. The third kappa shape index (κ3) is 37.2. The minimum absolute atomic E-state index is 0.621. The van der Waals surface area contributed by atoms with Crippen LogP contribution >= 0.6 is 0 Å². The van der Waals surface area contributed by atoms with E-state index in [1.165, 1.54) is 256 Å². The van der Waals surface area contributed by atoms with Crippen molar-refractivity contribution in [2.75, 3.05) is 26.4 Å². The van der Waals surface area contributed by atoms with Crippen molar-refractivity contribution in [1.82, 2.24) is 0 Å². The van der Waals surface area contributed by atoms with Gasteiger partial charge < -0.3 is 19.9 Å². The van der Waals surface area contributed by atoms with Gasteiger partial charge in [0.05, 0.1) is 19.8 Å². The minimum atomic E-state index is 0.621. The molecule has 0 spiro atoms. The zero-order valence-electron chi connectivity index (χ0n) is 41.2. The van der Waals surface area contributed by atoms with E-state index in [0.29, 0.717) is 6.54 Å². The van der Waals surface area contributed by atoms with Crippen molar-refractivity contribution in [3.8, 4) is 17.2 Å². The molecular weight excluding hydrogens is 735 g/mol. The number of benzene rings is 1. The lowest BCUT2D eigenvalue weighted by atomic mass is 10.0. The molecule has 1 aromatic carbocycles. The van der Waals surface area contributed by atoms with Crippen LogP contribution in [0.3, 0.4) is 0 Å². The van der Waals surface area contributed by atoms with Crippen molar-refractivity contribution < 1.29 is 14.2 Å². The van der Waals surface area contributed by atoms with Crippen LogP contribution in [-0.2, 0) is 6.42 Å². The highest BCUT2D eigenvalue weighted by atomic mass is 16.5. The van der Waals surface area contributed by atoms with Crippen LogP contribution in [0.15, 0.2) is 12.1 Å². The first kappa shape index (κ1) is 56.6. The number of hydrogen-bond acceptors (Lipinski definition) is 4. The molecule has 0 saturated heterocycles. The Morgan fingerprint density at radius 3 is 0.750 bits per heavy atom. The largest absolute Gasteiger partial charge is 0.490 e. The lowest BCUT2D eigenvalue weighted by molar-refractivity contribution is 0.234. The van der Waals surface area contributed by atoms with Crippen LogP contribution in [-0.4, -0.2) is 26.4 Å². The highest BCUT2D eigenvalue weighted by Crippen LogP contribution is 2.40. The normalized spacial score (nSPS) is 11.5. The van der Waals surface area contributed by atoms with Gasteiger partial charge in [-0.05, 0) is 49.9 Å². The van der Waals surface area contributed by atoms with Gasteiger partial charge in [0.25, 0.3) is 0 Å². The van der Waals surface area contributed by atoms with Gasteiger partial charge in [-0.15, -0.1) is 0 Å². The van der Waals surface area contributed by atoms with E-state index in [9.17, 15) is 0 Å². The highest BCUT2D eigenvalue weighted by molar-refractivity contribution is 5.54. The molecule has 0 fully saturated rings. The molecule has 0 bridgehead atoms. The van der Waals surface area contributed by atoms with Crippen molar-refractivity contribution >= 4 is 0 Å². The Kier molecular flexibility index (Phi) is 44.4. The summed E-state index contributed by atoms with van der Waals surface area (Å²) >= 11 is 0. The molecule has 0 amide bonds.